The Labute approximate surface area is 131 Å². The number of benzene rings is 2. The molecule has 0 heterocycles. The summed E-state index contributed by atoms with van der Waals surface area (Å²) < 4.78 is 0.793. The molecule has 0 radical (unpaired) electrons. The number of halogens is 1. The fraction of sp³-hybridized carbons (Fsp3) is 0.125. The Balaban J connectivity index is 2.20. The van der Waals surface area contributed by atoms with Gasteiger partial charge in [-0.05, 0) is 42.8 Å². The van der Waals surface area contributed by atoms with Crippen LogP contribution < -0.4 is 11.1 Å². The highest BCUT2D eigenvalue weighted by atomic mass is 79.9. The predicted molar refractivity (Wildman–Crippen MR) is 86.8 cm³/mol. The highest BCUT2D eigenvalue weighted by Crippen LogP contribution is 2.23. The molecule has 0 bridgehead atoms. The normalized spacial score (nSPS) is 11.5. The molecule has 0 saturated heterocycles. The predicted octanol–water partition coefficient (Wildman–Crippen LogP) is 3.65. The number of anilines is 2. The number of hydrogen-bond donors (Lipinski definition) is 2. The van der Waals surface area contributed by atoms with Crippen molar-refractivity contribution in [1.29, 1.82) is 5.26 Å². The number of hydrogen-bond acceptors (Lipinski definition) is 3. The Hall–Kier alpha value is -2.32. The molecule has 0 aromatic heterocycles. The number of nitrogens with two attached hydrogens (primary N) is 1. The van der Waals surface area contributed by atoms with Crippen LogP contribution in [0.25, 0.3) is 0 Å². The van der Waals surface area contributed by atoms with Gasteiger partial charge in [-0.3, -0.25) is 4.79 Å². The lowest BCUT2D eigenvalue weighted by molar-refractivity contribution is -0.117. The minimum Gasteiger partial charge on any atom is -0.399 e. The molecule has 1 amide bonds. The van der Waals surface area contributed by atoms with Crippen LogP contribution in [0.15, 0.2) is 46.9 Å². The number of nitrogen functional groups attached to an aromatic ring is 1. The van der Waals surface area contributed by atoms with Gasteiger partial charge >= 0.3 is 0 Å². The summed E-state index contributed by atoms with van der Waals surface area (Å²) in [6.45, 7) is 1.80. The fourth-order valence-electron chi connectivity index (χ4n) is 1.94. The highest BCUT2D eigenvalue weighted by Gasteiger charge is 2.16. The Morgan fingerprint density at radius 1 is 1.33 bits per heavy atom. The number of nitrogens with one attached hydrogen (secondary N) is 1. The quantitative estimate of drug-likeness (QED) is 0.835. The third-order valence-corrected chi connectivity index (χ3v) is 3.66. The van der Waals surface area contributed by atoms with E-state index in [1.807, 2.05) is 12.1 Å². The van der Waals surface area contributed by atoms with Crippen LogP contribution in [0, 0.1) is 11.3 Å². The van der Waals surface area contributed by atoms with Crippen molar-refractivity contribution in [2.24, 2.45) is 0 Å². The molecule has 2 rings (SSSR count). The number of carbonyl (C=O) groups excluding carboxylic acids is 1. The topological polar surface area (TPSA) is 78.9 Å². The van der Waals surface area contributed by atoms with Crippen molar-refractivity contribution < 1.29 is 4.79 Å². The molecule has 0 aliphatic rings. The highest BCUT2D eigenvalue weighted by molar-refractivity contribution is 9.10. The Bertz CT molecular complexity index is 722. The summed E-state index contributed by atoms with van der Waals surface area (Å²) in [6, 6.07) is 14.4. The van der Waals surface area contributed by atoms with Gasteiger partial charge in [0.2, 0.25) is 5.91 Å². The summed E-state index contributed by atoms with van der Waals surface area (Å²) in [5.74, 6) is -0.539. The van der Waals surface area contributed by atoms with Gasteiger partial charge in [0.05, 0.1) is 17.2 Å². The molecule has 21 heavy (non-hydrogen) atoms. The van der Waals surface area contributed by atoms with Gasteiger partial charge in [0.15, 0.2) is 0 Å². The molecule has 1 unspecified atom stereocenters. The van der Waals surface area contributed by atoms with E-state index >= 15 is 0 Å². The first-order valence-corrected chi connectivity index (χ1v) is 7.16. The smallest absolute Gasteiger partial charge is 0.231 e. The van der Waals surface area contributed by atoms with Crippen LogP contribution in [0.2, 0.25) is 0 Å². The maximum atomic E-state index is 12.3. The van der Waals surface area contributed by atoms with Gasteiger partial charge in [0.1, 0.15) is 6.07 Å². The van der Waals surface area contributed by atoms with E-state index in [4.69, 9.17) is 11.0 Å². The summed E-state index contributed by atoms with van der Waals surface area (Å²) >= 11 is 3.30. The van der Waals surface area contributed by atoms with Crippen molar-refractivity contribution in [3.8, 4) is 6.07 Å². The van der Waals surface area contributed by atoms with Crippen LogP contribution in [-0.2, 0) is 4.79 Å². The molecular formula is C16H14BrN3O. The molecule has 0 saturated carbocycles. The largest absolute Gasteiger partial charge is 0.399 e. The number of carbonyl (C=O) groups is 1. The van der Waals surface area contributed by atoms with Crippen molar-refractivity contribution in [1.82, 2.24) is 0 Å². The summed E-state index contributed by atoms with van der Waals surface area (Å²) in [5.41, 5.74) is 8.10. The lowest BCUT2D eigenvalue weighted by atomic mass is 9.99. The molecule has 3 N–H and O–H groups in total. The maximum absolute atomic E-state index is 12.3. The van der Waals surface area contributed by atoms with Crippen molar-refractivity contribution >= 4 is 33.2 Å². The van der Waals surface area contributed by atoms with E-state index < -0.39 is 0 Å². The maximum Gasteiger partial charge on any atom is 0.231 e. The second-order valence-corrected chi connectivity index (χ2v) is 5.60. The van der Waals surface area contributed by atoms with E-state index in [1.54, 1.807) is 37.3 Å². The SMILES string of the molecule is CC(C(=O)Nc1ccc(Br)cc1C#N)c1cccc(N)c1. The summed E-state index contributed by atoms with van der Waals surface area (Å²) in [5, 5.41) is 11.9. The zero-order valence-corrected chi connectivity index (χ0v) is 13.0. The number of rotatable bonds is 3. The third kappa shape index (κ3) is 3.61. The molecular weight excluding hydrogens is 330 g/mol. The average molecular weight is 344 g/mol. The molecule has 0 fully saturated rings. The van der Waals surface area contributed by atoms with Gasteiger partial charge < -0.3 is 11.1 Å². The van der Waals surface area contributed by atoms with E-state index in [9.17, 15) is 4.79 Å². The molecule has 106 valence electrons. The van der Waals surface area contributed by atoms with Gasteiger partial charge in [-0.25, -0.2) is 0 Å². The van der Waals surface area contributed by atoms with Crippen LogP contribution >= 0.6 is 15.9 Å². The van der Waals surface area contributed by atoms with E-state index in [2.05, 4.69) is 27.3 Å². The van der Waals surface area contributed by atoms with Gasteiger partial charge in [0, 0.05) is 10.2 Å². The fourth-order valence-corrected chi connectivity index (χ4v) is 2.30. The summed E-state index contributed by atoms with van der Waals surface area (Å²) in [7, 11) is 0. The Morgan fingerprint density at radius 3 is 2.76 bits per heavy atom. The van der Waals surface area contributed by atoms with Crippen LogP contribution in [0.1, 0.15) is 24.0 Å². The molecule has 5 heteroatoms. The van der Waals surface area contributed by atoms with E-state index in [0.29, 0.717) is 16.9 Å². The number of nitriles is 1. The van der Waals surface area contributed by atoms with Crippen LogP contribution in [0.5, 0.6) is 0 Å². The Kier molecular flexibility index (Phi) is 4.61. The van der Waals surface area contributed by atoms with Gasteiger partial charge in [-0.2, -0.15) is 5.26 Å². The van der Waals surface area contributed by atoms with Crippen LogP contribution in [0.4, 0.5) is 11.4 Å². The van der Waals surface area contributed by atoms with Gasteiger partial charge in [-0.1, -0.05) is 28.1 Å². The molecule has 1 atom stereocenters. The monoisotopic (exact) mass is 343 g/mol. The first kappa shape index (κ1) is 15.1. The minimum atomic E-state index is -0.358. The lowest BCUT2D eigenvalue weighted by Gasteiger charge is -2.14. The molecule has 0 aliphatic heterocycles. The average Bonchev–Trinajstić information content (AvgIpc) is 2.48. The lowest BCUT2D eigenvalue weighted by Crippen LogP contribution is -2.19. The standard InChI is InChI=1S/C16H14BrN3O/c1-10(11-3-2-4-14(19)8-11)16(21)20-15-6-5-13(17)7-12(15)9-18/h2-8,10H,19H2,1H3,(H,20,21). The van der Waals surface area contributed by atoms with Crippen LogP contribution in [-0.4, -0.2) is 5.91 Å². The van der Waals surface area contributed by atoms with Gasteiger partial charge in [-0.15, -0.1) is 0 Å². The summed E-state index contributed by atoms with van der Waals surface area (Å²) in [4.78, 5) is 12.3. The number of nitrogens with zero attached hydrogens (tertiary/aromatic N) is 1. The second kappa shape index (κ2) is 6.42. The second-order valence-electron chi connectivity index (χ2n) is 4.68. The molecule has 2 aromatic carbocycles. The van der Waals surface area contributed by atoms with Crippen molar-refractivity contribution in [3.05, 3.63) is 58.1 Å². The van der Waals surface area contributed by atoms with E-state index in [-0.39, 0.29) is 11.8 Å². The van der Waals surface area contributed by atoms with Gasteiger partial charge in [0.25, 0.3) is 0 Å². The van der Waals surface area contributed by atoms with Crippen molar-refractivity contribution in [2.75, 3.05) is 11.1 Å². The number of amides is 1. The van der Waals surface area contributed by atoms with E-state index in [1.165, 1.54) is 0 Å². The molecule has 0 aliphatic carbocycles. The molecule has 0 spiro atoms. The van der Waals surface area contributed by atoms with E-state index in [0.717, 1.165) is 10.0 Å². The first-order valence-electron chi connectivity index (χ1n) is 6.37. The first-order chi connectivity index (χ1) is 10.0. The third-order valence-electron chi connectivity index (χ3n) is 3.16. The van der Waals surface area contributed by atoms with Crippen molar-refractivity contribution in [3.63, 3.8) is 0 Å². The molecule has 4 nitrogen and oxygen atoms in total. The van der Waals surface area contributed by atoms with Crippen molar-refractivity contribution in [2.45, 2.75) is 12.8 Å². The zero-order chi connectivity index (χ0) is 15.4. The summed E-state index contributed by atoms with van der Waals surface area (Å²) in [6.07, 6.45) is 0. The van der Waals surface area contributed by atoms with Crippen LogP contribution in [0.3, 0.4) is 0 Å². The zero-order valence-electron chi connectivity index (χ0n) is 11.4. The molecule has 2 aromatic rings. The Morgan fingerprint density at radius 2 is 2.10 bits per heavy atom. The minimum absolute atomic E-state index is 0.181.